The second-order valence-corrected chi connectivity index (χ2v) is 3.96. The van der Waals surface area contributed by atoms with Crippen molar-refractivity contribution in [1.29, 1.82) is 0 Å². The van der Waals surface area contributed by atoms with Crippen LogP contribution in [-0.2, 0) is 9.59 Å². The number of rotatable bonds is 4. The zero-order valence-corrected chi connectivity index (χ0v) is 8.49. The van der Waals surface area contributed by atoms with E-state index in [1.54, 1.807) is 0 Å². The fraction of sp³-hybridized carbons (Fsp3) is 0.778. The Morgan fingerprint density at radius 3 is 2.64 bits per heavy atom. The normalized spacial score (nSPS) is 27.9. The smallest absolute Gasteiger partial charge is 0.330 e. The van der Waals surface area contributed by atoms with E-state index in [0.717, 1.165) is 0 Å². The quantitative estimate of drug-likeness (QED) is 0.610. The highest BCUT2D eigenvalue weighted by Crippen LogP contribution is 2.22. The van der Waals surface area contributed by atoms with Gasteiger partial charge in [-0.15, -0.1) is 0 Å². The van der Waals surface area contributed by atoms with Gasteiger partial charge in [0, 0.05) is 19.1 Å². The minimum atomic E-state index is -1.08. The van der Waals surface area contributed by atoms with Gasteiger partial charge in [0.15, 0.2) is 5.54 Å². The maximum Gasteiger partial charge on any atom is 0.330 e. The molecular formula is C9H16N2O3. The molecule has 1 fully saturated rings. The first-order valence-corrected chi connectivity index (χ1v) is 4.70. The first kappa shape index (κ1) is 11.0. The number of nitrogens with zero attached hydrogens (tertiary/aromatic N) is 1. The van der Waals surface area contributed by atoms with Crippen molar-refractivity contribution in [2.75, 3.05) is 13.1 Å². The summed E-state index contributed by atoms with van der Waals surface area (Å²) < 4.78 is 0. The Balaban J connectivity index is 2.74. The third kappa shape index (κ3) is 1.87. The van der Waals surface area contributed by atoms with E-state index in [0.29, 0.717) is 32.0 Å². The highest BCUT2D eigenvalue weighted by Gasteiger charge is 2.45. The molecule has 1 saturated heterocycles. The maximum absolute atomic E-state index is 11.0. The lowest BCUT2D eigenvalue weighted by Gasteiger charge is -2.25. The van der Waals surface area contributed by atoms with Gasteiger partial charge >= 0.3 is 5.97 Å². The van der Waals surface area contributed by atoms with Crippen LogP contribution >= 0.6 is 0 Å². The highest BCUT2D eigenvalue weighted by molar-refractivity contribution is 5.82. The summed E-state index contributed by atoms with van der Waals surface area (Å²) in [7, 11) is 0. The average Bonchev–Trinajstić information content (AvgIpc) is 2.50. The lowest BCUT2D eigenvalue weighted by molar-refractivity contribution is -0.145. The molecule has 14 heavy (non-hydrogen) atoms. The van der Waals surface area contributed by atoms with E-state index in [-0.39, 0.29) is 0 Å². The van der Waals surface area contributed by atoms with E-state index >= 15 is 0 Å². The fourth-order valence-corrected chi connectivity index (χ4v) is 1.75. The van der Waals surface area contributed by atoms with Crippen molar-refractivity contribution in [2.45, 2.75) is 31.8 Å². The molecular weight excluding hydrogens is 184 g/mol. The predicted octanol–water partition coefficient (Wildman–Crippen LogP) is -0.330. The fourth-order valence-electron chi connectivity index (χ4n) is 1.75. The van der Waals surface area contributed by atoms with Crippen molar-refractivity contribution in [3.8, 4) is 0 Å². The van der Waals surface area contributed by atoms with Crippen LogP contribution in [0.15, 0.2) is 0 Å². The zero-order valence-electron chi connectivity index (χ0n) is 8.49. The van der Waals surface area contributed by atoms with Crippen LogP contribution in [0.25, 0.3) is 0 Å². The molecule has 5 heteroatoms. The second-order valence-electron chi connectivity index (χ2n) is 3.96. The number of carboxylic acids is 1. The Hall–Kier alpha value is -1.10. The molecule has 1 aliphatic rings. The van der Waals surface area contributed by atoms with E-state index in [9.17, 15) is 9.59 Å². The van der Waals surface area contributed by atoms with Crippen LogP contribution < -0.4 is 5.32 Å². The van der Waals surface area contributed by atoms with Gasteiger partial charge in [-0.1, -0.05) is 0 Å². The number of carbonyl (C=O) groups is 2. The first-order valence-electron chi connectivity index (χ1n) is 4.70. The van der Waals surface area contributed by atoms with Crippen molar-refractivity contribution in [2.24, 2.45) is 0 Å². The highest BCUT2D eigenvalue weighted by atomic mass is 16.4. The minimum Gasteiger partial charge on any atom is -0.479 e. The lowest BCUT2D eigenvalue weighted by atomic mass is 9.99. The number of likely N-dealkylation sites (tertiary alicyclic amines) is 1. The average molecular weight is 200 g/mol. The number of amides is 1. The van der Waals surface area contributed by atoms with Gasteiger partial charge < -0.3 is 10.4 Å². The Bertz CT molecular complexity index is 242. The molecule has 0 spiro atoms. The lowest BCUT2D eigenvalue weighted by Crippen LogP contribution is -2.54. The molecule has 2 N–H and O–H groups in total. The number of hydrogen-bond acceptors (Lipinski definition) is 3. The van der Waals surface area contributed by atoms with Crippen LogP contribution in [0.3, 0.4) is 0 Å². The molecule has 1 amide bonds. The van der Waals surface area contributed by atoms with Gasteiger partial charge in [0.05, 0.1) is 0 Å². The second kappa shape index (κ2) is 3.96. The number of aliphatic carboxylic acids is 1. The molecule has 1 heterocycles. The number of nitrogens with one attached hydrogen (secondary N) is 1. The van der Waals surface area contributed by atoms with Crippen molar-refractivity contribution in [3.05, 3.63) is 0 Å². The maximum atomic E-state index is 11.0. The van der Waals surface area contributed by atoms with Crippen LogP contribution in [0.2, 0.25) is 0 Å². The summed E-state index contributed by atoms with van der Waals surface area (Å²) in [6.45, 7) is 5.13. The molecule has 0 radical (unpaired) electrons. The van der Waals surface area contributed by atoms with Crippen molar-refractivity contribution in [3.63, 3.8) is 0 Å². The van der Waals surface area contributed by atoms with Gasteiger partial charge in [-0.25, -0.2) is 4.79 Å². The van der Waals surface area contributed by atoms with Crippen LogP contribution in [0.1, 0.15) is 20.3 Å². The molecule has 1 aliphatic heterocycles. The monoisotopic (exact) mass is 200 g/mol. The molecule has 0 aromatic carbocycles. The van der Waals surface area contributed by atoms with Crippen molar-refractivity contribution in [1.82, 2.24) is 10.2 Å². The van der Waals surface area contributed by atoms with Gasteiger partial charge in [-0.05, 0) is 20.3 Å². The summed E-state index contributed by atoms with van der Waals surface area (Å²) in [5.74, 6) is -0.951. The molecule has 0 bridgehead atoms. The minimum absolute atomic E-state index is 0.310. The van der Waals surface area contributed by atoms with E-state index in [1.165, 1.54) is 0 Å². The van der Waals surface area contributed by atoms with Crippen LogP contribution in [0, 0.1) is 0 Å². The Morgan fingerprint density at radius 2 is 2.29 bits per heavy atom. The summed E-state index contributed by atoms with van der Waals surface area (Å²) in [5.41, 5.74) is -1.08. The number of hydrogen-bond donors (Lipinski definition) is 2. The van der Waals surface area contributed by atoms with E-state index in [1.807, 2.05) is 18.7 Å². The Labute approximate surface area is 83.1 Å². The molecule has 0 aromatic rings. The molecule has 0 aromatic heterocycles. The van der Waals surface area contributed by atoms with Crippen molar-refractivity contribution < 1.29 is 14.7 Å². The topological polar surface area (TPSA) is 69.6 Å². The molecule has 0 saturated carbocycles. The number of carboxylic acid groups (broad SMARTS) is 1. The molecule has 0 aliphatic carbocycles. The van der Waals surface area contributed by atoms with Crippen LogP contribution in [0.4, 0.5) is 0 Å². The SMILES string of the molecule is CC(C)N1CCC(NC=O)(C(=O)O)C1. The summed E-state index contributed by atoms with van der Waals surface area (Å²) >= 11 is 0. The molecule has 1 unspecified atom stereocenters. The predicted molar refractivity (Wildman–Crippen MR) is 50.9 cm³/mol. The third-order valence-electron chi connectivity index (χ3n) is 2.77. The molecule has 1 rings (SSSR count). The van der Waals surface area contributed by atoms with E-state index in [4.69, 9.17) is 5.11 Å². The standard InChI is InChI=1S/C9H16N2O3/c1-7(2)11-4-3-9(5-11,8(13)14)10-6-12/h6-7H,3-5H2,1-2H3,(H,10,12)(H,13,14). The van der Waals surface area contributed by atoms with Crippen LogP contribution in [-0.4, -0.2) is 47.1 Å². The first-order chi connectivity index (χ1) is 6.52. The summed E-state index contributed by atoms with van der Waals surface area (Å²) in [6.07, 6.45) is 0.942. The van der Waals surface area contributed by atoms with Gasteiger partial charge in [-0.2, -0.15) is 0 Å². The third-order valence-corrected chi connectivity index (χ3v) is 2.77. The molecule has 5 nitrogen and oxygen atoms in total. The molecule has 80 valence electrons. The largest absolute Gasteiger partial charge is 0.479 e. The summed E-state index contributed by atoms with van der Waals surface area (Å²) in [6, 6.07) is 0.310. The zero-order chi connectivity index (χ0) is 10.8. The van der Waals surface area contributed by atoms with Gasteiger partial charge in [0.1, 0.15) is 0 Å². The number of carbonyl (C=O) groups excluding carboxylic acids is 1. The summed E-state index contributed by atoms with van der Waals surface area (Å²) in [5, 5.41) is 11.5. The molecule has 1 atom stereocenters. The summed E-state index contributed by atoms with van der Waals surface area (Å²) in [4.78, 5) is 23.4. The van der Waals surface area contributed by atoms with E-state index < -0.39 is 11.5 Å². The Morgan fingerprint density at radius 1 is 1.64 bits per heavy atom. The van der Waals surface area contributed by atoms with E-state index in [2.05, 4.69) is 5.32 Å². The van der Waals surface area contributed by atoms with Gasteiger partial charge in [0.2, 0.25) is 6.41 Å². The van der Waals surface area contributed by atoms with Gasteiger partial charge in [0.25, 0.3) is 0 Å². The van der Waals surface area contributed by atoms with Crippen molar-refractivity contribution >= 4 is 12.4 Å². The Kier molecular flexibility index (Phi) is 3.10. The van der Waals surface area contributed by atoms with Crippen LogP contribution in [0.5, 0.6) is 0 Å². The van der Waals surface area contributed by atoms with Gasteiger partial charge in [-0.3, -0.25) is 9.69 Å².